The Hall–Kier alpha value is -1.51. The minimum atomic E-state index is -0.461. The molecule has 0 N–H and O–H groups in total. The number of benzene rings is 1. The molecule has 1 unspecified atom stereocenters. The molecule has 1 saturated heterocycles. The molecule has 0 aromatic heterocycles. The SMILES string of the molecule is CC1(C)CC(N=[N+]=[N-])(c2ccccc2)CCO1. The first-order valence-corrected chi connectivity index (χ1v) is 5.84. The van der Waals surface area contributed by atoms with Crippen molar-refractivity contribution in [2.75, 3.05) is 6.61 Å². The quantitative estimate of drug-likeness (QED) is 0.434. The summed E-state index contributed by atoms with van der Waals surface area (Å²) < 4.78 is 5.71. The van der Waals surface area contributed by atoms with Gasteiger partial charge in [-0.1, -0.05) is 35.4 Å². The van der Waals surface area contributed by atoms with Crippen molar-refractivity contribution in [3.05, 3.63) is 46.3 Å². The molecule has 0 saturated carbocycles. The average Bonchev–Trinajstić information content (AvgIpc) is 2.29. The van der Waals surface area contributed by atoms with E-state index in [0.29, 0.717) is 13.0 Å². The Labute approximate surface area is 101 Å². The van der Waals surface area contributed by atoms with E-state index in [1.807, 2.05) is 44.2 Å². The number of rotatable bonds is 2. The monoisotopic (exact) mass is 231 g/mol. The van der Waals surface area contributed by atoms with Crippen LogP contribution in [-0.4, -0.2) is 12.2 Å². The minimum Gasteiger partial charge on any atom is -0.376 e. The van der Waals surface area contributed by atoms with Crippen LogP contribution in [0.25, 0.3) is 10.4 Å². The summed E-state index contributed by atoms with van der Waals surface area (Å²) in [6.45, 7) is 4.70. The summed E-state index contributed by atoms with van der Waals surface area (Å²) in [5, 5.41) is 4.08. The van der Waals surface area contributed by atoms with Crippen molar-refractivity contribution in [3.63, 3.8) is 0 Å². The molecule has 1 aromatic carbocycles. The van der Waals surface area contributed by atoms with Crippen molar-refractivity contribution in [2.45, 2.75) is 37.8 Å². The van der Waals surface area contributed by atoms with Crippen molar-refractivity contribution in [3.8, 4) is 0 Å². The van der Waals surface area contributed by atoms with Crippen LogP contribution in [0.1, 0.15) is 32.3 Å². The second kappa shape index (κ2) is 4.40. The number of azide groups is 1. The largest absolute Gasteiger partial charge is 0.376 e. The van der Waals surface area contributed by atoms with Crippen molar-refractivity contribution in [1.82, 2.24) is 0 Å². The second-order valence-corrected chi connectivity index (χ2v) is 5.12. The Morgan fingerprint density at radius 1 is 1.29 bits per heavy atom. The summed E-state index contributed by atoms with van der Waals surface area (Å²) >= 11 is 0. The van der Waals surface area contributed by atoms with Gasteiger partial charge < -0.3 is 4.74 Å². The third kappa shape index (κ3) is 2.43. The average molecular weight is 231 g/mol. The van der Waals surface area contributed by atoms with E-state index in [0.717, 1.165) is 12.0 Å². The van der Waals surface area contributed by atoms with Gasteiger partial charge in [-0.2, -0.15) is 0 Å². The molecule has 17 heavy (non-hydrogen) atoms. The molecule has 1 aliphatic rings. The molecule has 4 nitrogen and oxygen atoms in total. The number of ether oxygens (including phenoxy) is 1. The first kappa shape index (κ1) is 12.0. The van der Waals surface area contributed by atoms with Gasteiger partial charge in [-0.3, -0.25) is 0 Å². The van der Waals surface area contributed by atoms with E-state index in [2.05, 4.69) is 10.0 Å². The Balaban J connectivity index is 2.43. The summed E-state index contributed by atoms with van der Waals surface area (Å²) in [5.74, 6) is 0. The summed E-state index contributed by atoms with van der Waals surface area (Å²) in [6.07, 6.45) is 1.46. The van der Waals surface area contributed by atoms with Crippen LogP contribution in [0.4, 0.5) is 0 Å². The van der Waals surface area contributed by atoms with E-state index < -0.39 is 5.54 Å². The fourth-order valence-corrected chi connectivity index (χ4v) is 2.56. The van der Waals surface area contributed by atoms with Crippen molar-refractivity contribution >= 4 is 0 Å². The maximum atomic E-state index is 8.83. The zero-order chi connectivity index (χ0) is 12.4. The number of hydrogen-bond acceptors (Lipinski definition) is 2. The van der Waals surface area contributed by atoms with Gasteiger partial charge in [0.1, 0.15) is 0 Å². The van der Waals surface area contributed by atoms with Crippen molar-refractivity contribution in [2.24, 2.45) is 5.11 Å². The fourth-order valence-electron chi connectivity index (χ4n) is 2.56. The minimum absolute atomic E-state index is 0.248. The lowest BCUT2D eigenvalue weighted by Crippen LogP contribution is -2.42. The van der Waals surface area contributed by atoms with Crippen LogP contribution in [0.15, 0.2) is 35.4 Å². The third-order valence-corrected chi connectivity index (χ3v) is 3.27. The highest BCUT2D eigenvalue weighted by atomic mass is 16.5. The molecule has 1 aromatic rings. The van der Waals surface area contributed by atoms with Gasteiger partial charge in [0.05, 0.1) is 11.1 Å². The fraction of sp³-hybridized carbons (Fsp3) is 0.538. The Morgan fingerprint density at radius 2 is 2.00 bits per heavy atom. The molecule has 4 heteroatoms. The highest BCUT2D eigenvalue weighted by Gasteiger charge is 2.41. The Bertz CT molecular complexity index is 437. The van der Waals surface area contributed by atoms with E-state index in [1.165, 1.54) is 0 Å². The lowest BCUT2D eigenvalue weighted by Gasteiger charge is -2.42. The molecule has 1 heterocycles. The van der Waals surface area contributed by atoms with Crippen molar-refractivity contribution < 1.29 is 4.74 Å². The third-order valence-electron chi connectivity index (χ3n) is 3.27. The van der Waals surface area contributed by atoms with Gasteiger partial charge in [-0.25, -0.2) is 0 Å². The zero-order valence-electron chi connectivity index (χ0n) is 10.3. The van der Waals surface area contributed by atoms with Gasteiger partial charge in [-0.15, -0.1) is 0 Å². The highest BCUT2D eigenvalue weighted by Crippen LogP contribution is 2.42. The van der Waals surface area contributed by atoms with Crippen LogP contribution in [0, 0.1) is 0 Å². The number of hydrogen-bond donors (Lipinski definition) is 0. The van der Waals surface area contributed by atoms with Crippen LogP contribution >= 0.6 is 0 Å². The summed E-state index contributed by atoms with van der Waals surface area (Å²) in [4.78, 5) is 3.04. The molecule has 0 radical (unpaired) electrons. The van der Waals surface area contributed by atoms with Gasteiger partial charge in [0, 0.05) is 11.5 Å². The topological polar surface area (TPSA) is 58.0 Å². The standard InChI is InChI=1S/C13H17N3O/c1-12(2)10-13(15-16-14,8-9-17-12)11-6-4-3-5-7-11/h3-7H,8-10H2,1-2H3. The van der Waals surface area contributed by atoms with Crippen LogP contribution in [-0.2, 0) is 10.3 Å². The van der Waals surface area contributed by atoms with Gasteiger partial charge in [0.15, 0.2) is 0 Å². The summed E-state index contributed by atoms with van der Waals surface area (Å²) in [6, 6.07) is 9.97. The van der Waals surface area contributed by atoms with Gasteiger partial charge in [0.25, 0.3) is 0 Å². The molecule has 1 fully saturated rings. The molecule has 0 amide bonds. The summed E-state index contributed by atoms with van der Waals surface area (Å²) in [5.41, 5.74) is 9.20. The van der Waals surface area contributed by atoms with Crippen LogP contribution in [0.3, 0.4) is 0 Å². The predicted octanol–water partition coefficient (Wildman–Crippen LogP) is 3.78. The lowest BCUT2D eigenvalue weighted by molar-refractivity contribution is -0.0811. The lowest BCUT2D eigenvalue weighted by atomic mass is 9.77. The first-order valence-electron chi connectivity index (χ1n) is 5.84. The predicted molar refractivity (Wildman–Crippen MR) is 66.5 cm³/mol. The molecule has 0 bridgehead atoms. The van der Waals surface area contributed by atoms with E-state index >= 15 is 0 Å². The molecule has 1 aliphatic heterocycles. The molecular formula is C13H17N3O. The number of nitrogens with zero attached hydrogens (tertiary/aromatic N) is 3. The zero-order valence-corrected chi connectivity index (χ0v) is 10.3. The van der Waals surface area contributed by atoms with E-state index in [-0.39, 0.29) is 5.60 Å². The maximum Gasteiger partial charge on any atom is 0.0786 e. The molecule has 2 rings (SSSR count). The highest BCUT2D eigenvalue weighted by molar-refractivity contribution is 5.26. The second-order valence-electron chi connectivity index (χ2n) is 5.12. The van der Waals surface area contributed by atoms with E-state index in [4.69, 9.17) is 10.3 Å². The summed E-state index contributed by atoms with van der Waals surface area (Å²) in [7, 11) is 0. The molecule has 90 valence electrons. The molecule has 0 spiro atoms. The normalized spacial score (nSPS) is 27.2. The van der Waals surface area contributed by atoms with Gasteiger partial charge in [-0.05, 0) is 37.8 Å². The molecule has 1 atom stereocenters. The Morgan fingerprint density at radius 3 is 2.59 bits per heavy atom. The first-order chi connectivity index (χ1) is 8.08. The van der Waals surface area contributed by atoms with E-state index in [9.17, 15) is 0 Å². The van der Waals surface area contributed by atoms with Crippen LogP contribution in [0.5, 0.6) is 0 Å². The van der Waals surface area contributed by atoms with E-state index in [1.54, 1.807) is 0 Å². The van der Waals surface area contributed by atoms with Gasteiger partial charge in [0.2, 0.25) is 0 Å². The smallest absolute Gasteiger partial charge is 0.0786 e. The Kier molecular flexibility index (Phi) is 3.09. The van der Waals surface area contributed by atoms with Gasteiger partial charge >= 0.3 is 0 Å². The molecule has 0 aliphatic carbocycles. The maximum absolute atomic E-state index is 8.83. The van der Waals surface area contributed by atoms with Crippen molar-refractivity contribution in [1.29, 1.82) is 0 Å². The van der Waals surface area contributed by atoms with Crippen LogP contribution < -0.4 is 0 Å². The van der Waals surface area contributed by atoms with Crippen LogP contribution in [0.2, 0.25) is 0 Å². The molecular weight excluding hydrogens is 214 g/mol.